The standard InChI is InChI=1S/C3H5ClO3/c1-2-3-7-4(5)6/h2H,1,3H2. The van der Waals surface area contributed by atoms with Gasteiger partial charge in [0.15, 0.2) is 6.61 Å². The minimum absolute atomic E-state index is 0.0352. The van der Waals surface area contributed by atoms with Crippen LogP contribution in [-0.2, 0) is 4.29 Å². The zero-order valence-corrected chi connectivity index (χ0v) is 4.35. The lowest BCUT2D eigenvalue weighted by Crippen LogP contribution is -2.34. The summed E-state index contributed by atoms with van der Waals surface area (Å²) in [4.78, 5) is 0. The van der Waals surface area contributed by atoms with Crippen LogP contribution in [-0.4, -0.2) is 6.61 Å². The second-order valence-corrected chi connectivity index (χ2v) is 1.35. The van der Waals surface area contributed by atoms with Crippen LogP contribution in [0.5, 0.6) is 0 Å². The van der Waals surface area contributed by atoms with Gasteiger partial charge in [0.1, 0.15) is 0 Å². The van der Waals surface area contributed by atoms with Gasteiger partial charge < -0.3 is 9.32 Å². The van der Waals surface area contributed by atoms with Crippen LogP contribution in [0.2, 0.25) is 0 Å². The Labute approximate surface area is 44.6 Å². The first-order valence-electron chi connectivity index (χ1n) is 1.57. The molecular formula is C3H5ClO3. The molecule has 42 valence electrons. The Hall–Kier alpha value is -0.0900. The van der Waals surface area contributed by atoms with Crippen LogP contribution in [0.4, 0.5) is 0 Å². The van der Waals surface area contributed by atoms with Crippen molar-refractivity contribution in [2.45, 2.75) is 0 Å². The molecule has 0 N–H and O–H groups in total. The van der Waals surface area contributed by atoms with Gasteiger partial charge in [-0.05, 0) is 0 Å². The molecule has 0 aromatic rings. The normalized spacial score (nSPS) is 9.57. The summed E-state index contributed by atoms with van der Waals surface area (Å²) in [6.07, 6.45) is 1.35. The Bertz CT molecular complexity index is 54.1. The molecule has 0 rings (SSSR count). The van der Waals surface area contributed by atoms with Gasteiger partial charge in [0.2, 0.25) is 0 Å². The van der Waals surface area contributed by atoms with Crippen molar-refractivity contribution in [3.63, 3.8) is 0 Å². The first-order chi connectivity index (χ1) is 3.27. The molecule has 0 fully saturated rings. The predicted octanol–water partition coefficient (Wildman–Crippen LogP) is -1.72. The Morgan fingerprint density at radius 1 is 1.71 bits per heavy atom. The van der Waals surface area contributed by atoms with E-state index in [2.05, 4.69) is 10.9 Å². The number of hydrogen-bond acceptors (Lipinski definition) is 3. The summed E-state index contributed by atoms with van der Waals surface area (Å²) in [5.74, 6) is 0. The summed E-state index contributed by atoms with van der Waals surface area (Å²) in [7, 11) is -2.10. The smallest absolute Gasteiger partial charge is 0.286 e. The molecule has 7 heavy (non-hydrogen) atoms. The largest absolute Gasteiger partial charge is 0.320 e. The number of halogens is 1. The van der Waals surface area contributed by atoms with E-state index in [0.717, 1.165) is 0 Å². The third kappa shape index (κ3) is 5.91. The van der Waals surface area contributed by atoms with Crippen molar-refractivity contribution in [2.24, 2.45) is 0 Å². The maximum atomic E-state index is 9.45. The number of hydrogen-bond donors (Lipinski definition) is 0. The second-order valence-electron chi connectivity index (χ2n) is 0.753. The monoisotopic (exact) mass is 124 g/mol. The fourth-order valence-corrected chi connectivity index (χ4v) is 0.288. The Kier molecular flexibility index (Phi) is 4.03. The van der Waals surface area contributed by atoms with Crippen LogP contribution in [0, 0.1) is 10.8 Å². The van der Waals surface area contributed by atoms with E-state index in [4.69, 9.17) is 0 Å². The molecule has 0 aliphatic rings. The van der Waals surface area contributed by atoms with Gasteiger partial charge in [-0.3, -0.25) is 0 Å². The van der Waals surface area contributed by atoms with E-state index in [1.54, 1.807) is 0 Å². The molecule has 0 aromatic carbocycles. The molecule has 0 saturated heterocycles. The van der Waals surface area contributed by atoms with Crippen molar-refractivity contribution < 1.29 is 24.4 Å². The Morgan fingerprint density at radius 2 is 2.29 bits per heavy atom. The van der Waals surface area contributed by atoms with Crippen LogP contribution in [0.15, 0.2) is 12.7 Å². The minimum atomic E-state index is -2.10. The summed E-state index contributed by atoms with van der Waals surface area (Å²) < 4.78 is 22.9. The molecule has 0 saturated carbocycles. The molecule has 0 atom stereocenters. The van der Waals surface area contributed by atoms with E-state index in [1.165, 1.54) is 6.08 Å². The highest BCUT2D eigenvalue weighted by atomic mass is 35.6. The molecule has 3 nitrogen and oxygen atoms in total. The van der Waals surface area contributed by atoms with Gasteiger partial charge in [0.05, 0.1) is 0 Å². The predicted molar refractivity (Wildman–Crippen MR) is 16.1 cm³/mol. The first kappa shape index (κ1) is 6.91. The Morgan fingerprint density at radius 3 is 2.43 bits per heavy atom. The number of rotatable bonds is 3. The van der Waals surface area contributed by atoms with Gasteiger partial charge in [0.25, 0.3) is 10.8 Å². The van der Waals surface area contributed by atoms with Gasteiger partial charge in [-0.15, -0.1) is 6.58 Å². The van der Waals surface area contributed by atoms with Gasteiger partial charge in [0, 0.05) is 4.29 Å². The molecule has 0 aliphatic carbocycles. The van der Waals surface area contributed by atoms with Crippen LogP contribution >= 0.6 is 0 Å². The zero-order chi connectivity index (χ0) is 5.70. The molecule has 4 heteroatoms. The van der Waals surface area contributed by atoms with E-state index < -0.39 is 10.8 Å². The maximum Gasteiger partial charge on any atom is 0.286 e. The molecule has 0 bridgehead atoms. The van der Waals surface area contributed by atoms with E-state index in [0.29, 0.717) is 0 Å². The topological polar surface area (TPSA) is 55.3 Å². The lowest BCUT2D eigenvalue weighted by atomic mass is 10.7. The second kappa shape index (κ2) is 4.08. The molecule has 0 heterocycles. The van der Waals surface area contributed by atoms with Crippen molar-refractivity contribution in [1.82, 2.24) is 0 Å². The van der Waals surface area contributed by atoms with Crippen molar-refractivity contribution in [2.75, 3.05) is 6.61 Å². The third-order valence-corrected chi connectivity index (χ3v) is 0.574. The highest BCUT2D eigenvalue weighted by Gasteiger charge is 2.00. The SMILES string of the molecule is C=CCO[Cl+2]([O-])[O-]. The summed E-state index contributed by atoms with van der Waals surface area (Å²) in [5.41, 5.74) is 0. The fraction of sp³-hybridized carbons (Fsp3) is 0.333. The summed E-state index contributed by atoms with van der Waals surface area (Å²) in [6, 6.07) is 0. The van der Waals surface area contributed by atoms with E-state index in [-0.39, 0.29) is 6.61 Å². The first-order valence-corrected chi connectivity index (χ1v) is 2.49. The highest BCUT2D eigenvalue weighted by Crippen LogP contribution is 1.74. The minimum Gasteiger partial charge on any atom is -0.320 e. The quantitative estimate of drug-likeness (QED) is 0.421. The molecule has 0 spiro atoms. The van der Waals surface area contributed by atoms with Crippen LogP contribution in [0.3, 0.4) is 0 Å². The van der Waals surface area contributed by atoms with Crippen LogP contribution in [0.1, 0.15) is 0 Å². The van der Waals surface area contributed by atoms with Gasteiger partial charge in [-0.2, -0.15) is 0 Å². The van der Waals surface area contributed by atoms with Crippen molar-refractivity contribution in [3.8, 4) is 0 Å². The van der Waals surface area contributed by atoms with E-state index >= 15 is 0 Å². The molecule has 0 aliphatic heterocycles. The summed E-state index contributed by atoms with van der Waals surface area (Å²) in [5, 5.41) is 0. The summed E-state index contributed by atoms with van der Waals surface area (Å²) >= 11 is 0. The van der Waals surface area contributed by atoms with Crippen LogP contribution in [0.25, 0.3) is 0 Å². The lowest BCUT2D eigenvalue weighted by molar-refractivity contribution is -1.63. The van der Waals surface area contributed by atoms with Crippen molar-refractivity contribution >= 4 is 0 Å². The van der Waals surface area contributed by atoms with Gasteiger partial charge >= 0.3 is 0 Å². The molecular weight excluding hydrogens is 119 g/mol. The van der Waals surface area contributed by atoms with Gasteiger partial charge in [-0.25, -0.2) is 0 Å². The zero-order valence-electron chi connectivity index (χ0n) is 3.59. The van der Waals surface area contributed by atoms with Crippen LogP contribution < -0.4 is 9.32 Å². The van der Waals surface area contributed by atoms with E-state index in [9.17, 15) is 9.32 Å². The highest BCUT2D eigenvalue weighted by molar-refractivity contribution is 4.61. The molecule has 0 radical (unpaired) electrons. The average molecular weight is 125 g/mol. The summed E-state index contributed by atoms with van der Waals surface area (Å²) in [6.45, 7) is 3.26. The van der Waals surface area contributed by atoms with Crippen molar-refractivity contribution in [3.05, 3.63) is 12.7 Å². The van der Waals surface area contributed by atoms with Gasteiger partial charge in [-0.1, -0.05) is 6.08 Å². The molecule has 0 amide bonds. The fourth-order valence-electron chi connectivity index (χ4n) is 0.0960. The van der Waals surface area contributed by atoms with E-state index in [1.807, 2.05) is 0 Å². The maximum absolute atomic E-state index is 9.45. The molecule has 0 aromatic heterocycles. The average Bonchev–Trinajstić information content (AvgIpc) is 1.61. The van der Waals surface area contributed by atoms with Crippen molar-refractivity contribution in [1.29, 1.82) is 0 Å². The third-order valence-electron chi connectivity index (χ3n) is 0.270. The molecule has 0 unspecified atom stereocenters. The Balaban J connectivity index is 2.81. The lowest BCUT2D eigenvalue weighted by Gasteiger charge is -1.86.